The molecule has 0 bridgehead atoms. The molecule has 0 fully saturated rings. The Morgan fingerprint density at radius 1 is 1.50 bits per heavy atom. The minimum atomic E-state index is 0. The predicted molar refractivity (Wildman–Crippen MR) is 62.4 cm³/mol. The van der Waals surface area contributed by atoms with Crippen LogP contribution in [0.3, 0.4) is 0 Å². The van der Waals surface area contributed by atoms with Crippen LogP contribution in [0.2, 0.25) is 5.02 Å². The quantitative estimate of drug-likeness (QED) is 0.867. The van der Waals surface area contributed by atoms with E-state index in [-0.39, 0.29) is 18.5 Å². The van der Waals surface area contributed by atoms with E-state index in [9.17, 15) is 0 Å². The van der Waals surface area contributed by atoms with Gasteiger partial charge in [0.2, 0.25) is 0 Å². The highest BCUT2D eigenvalue weighted by Crippen LogP contribution is 2.19. The highest BCUT2D eigenvalue weighted by molar-refractivity contribution is 6.30. The van der Waals surface area contributed by atoms with E-state index in [1.54, 1.807) is 7.11 Å². The normalized spacial score (nSPS) is 11.9. The van der Waals surface area contributed by atoms with E-state index in [1.807, 2.05) is 31.3 Å². The Hall–Kier alpha value is -0.280. The Bertz CT molecular complexity index is 268. The van der Waals surface area contributed by atoms with E-state index in [0.29, 0.717) is 0 Å². The molecule has 2 nitrogen and oxygen atoms in total. The van der Waals surface area contributed by atoms with Crippen LogP contribution in [0.15, 0.2) is 24.3 Å². The van der Waals surface area contributed by atoms with Gasteiger partial charge in [-0.3, -0.25) is 0 Å². The van der Waals surface area contributed by atoms with Crippen molar-refractivity contribution in [3.05, 3.63) is 34.9 Å². The molecule has 0 radical (unpaired) electrons. The summed E-state index contributed by atoms with van der Waals surface area (Å²) in [5, 5.41) is 3.81. The fourth-order valence-electron chi connectivity index (χ4n) is 1.23. The summed E-state index contributed by atoms with van der Waals surface area (Å²) in [6.07, 6.45) is 0.0729. The summed E-state index contributed by atoms with van der Waals surface area (Å²) in [6.45, 7) is 0.789. The van der Waals surface area contributed by atoms with E-state index < -0.39 is 0 Å². The van der Waals surface area contributed by atoms with Gasteiger partial charge in [0.05, 0.1) is 6.10 Å². The zero-order valence-electron chi connectivity index (χ0n) is 8.29. The second-order valence-electron chi connectivity index (χ2n) is 2.84. The molecule has 0 spiro atoms. The molecule has 4 heteroatoms. The third-order valence-electron chi connectivity index (χ3n) is 1.89. The van der Waals surface area contributed by atoms with Crippen molar-refractivity contribution in [3.63, 3.8) is 0 Å². The lowest BCUT2D eigenvalue weighted by Crippen LogP contribution is -2.18. The first kappa shape index (κ1) is 13.7. The van der Waals surface area contributed by atoms with E-state index in [4.69, 9.17) is 16.3 Å². The van der Waals surface area contributed by atoms with Crippen LogP contribution < -0.4 is 5.32 Å². The number of hydrogen-bond acceptors (Lipinski definition) is 2. The Balaban J connectivity index is 0.00000169. The van der Waals surface area contributed by atoms with E-state index >= 15 is 0 Å². The summed E-state index contributed by atoms with van der Waals surface area (Å²) in [5.74, 6) is 0. The van der Waals surface area contributed by atoms with E-state index in [1.165, 1.54) is 0 Å². The van der Waals surface area contributed by atoms with Gasteiger partial charge in [0.25, 0.3) is 0 Å². The minimum absolute atomic E-state index is 0. The monoisotopic (exact) mass is 235 g/mol. The highest BCUT2D eigenvalue weighted by Gasteiger charge is 2.08. The smallest absolute Gasteiger partial charge is 0.0945 e. The molecule has 0 heterocycles. The molecule has 0 aliphatic heterocycles. The van der Waals surface area contributed by atoms with E-state index in [0.717, 1.165) is 17.1 Å². The molecule has 0 saturated carbocycles. The Morgan fingerprint density at radius 2 is 2.21 bits per heavy atom. The largest absolute Gasteiger partial charge is 0.375 e. The molecule has 0 saturated heterocycles. The van der Waals surface area contributed by atoms with Gasteiger partial charge in [-0.25, -0.2) is 0 Å². The molecule has 80 valence electrons. The van der Waals surface area contributed by atoms with Crippen LogP contribution in [0.4, 0.5) is 0 Å². The van der Waals surface area contributed by atoms with Crippen molar-refractivity contribution in [2.24, 2.45) is 0 Å². The lowest BCUT2D eigenvalue weighted by atomic mass is 10.1. The van der Waals surface area contributed by atoms with Gasteiger partial charge in [-0.15, -0.1) is 12.4 Å². The fourth-order valence-corrected chi connectivity index (χ4v) is 1.43. The number of hydrogen-bond donors (Lipinski definition) is 1. The average molecular weight is 236 g/mol. The van der Waals surface area contributed by atoms with Crippen molar-refractivity contribution < 1.29 is 4.74 Å². The number of rotatable bonds is 4. The van der Waals surface area contributed by atoms with Gasteiger partial charge in [-0.2, -0.15) is 0 Å². The standard InChI is InChI=1S/C10H14ClNO.ClH/c1-12-7-10(13-2)8-4-3-5-9(11)6-8;/h3-6,10,12H,7H2,1-2H3;1H. The lowest BCUT2D eigenvalue weighted by molar-refractivity contribution is 0.104. The molecule has 1 aromatic carbocycles. The van der Waals surface area contributed by atoms with Crippen LogP contribution in [0.25, 0.3) is 0 Å². The lowest BCUT2D eigenvalue weighted by Gasteiger charge is -2.15. The molecule has 1 N–H and O–H groups in total. The first-order chi connectivity index (χ1) is 6.27. The Morgan fingerprint density at radius 3 is 2.71 bits per heavy atom. The second kappa shape index (κ2) is 7.07. The number of likely N-dealkylation sites (N-methyl/N-ethyl adjacent to an activating group) is 1. The molecule has 0 amide bonds. The molecule has 1 aromatic rings. The average Bonchev–Trinajstić information content (AvgIpc) is 2.14. The fraction of sp³-hybridized carbons (Fsp3) is 0.400. The zero-order valence-corrected chi connectivity index (χ0v) is 9.86. The summed E-state index contributed by atoms with van der Waals surface area (Å²) in [4.78, 5) is 0. The third kappa shape index (κ3) is 3.84. The molecule has 0 aliphatic carbocycles. The molecular weight excluding hydrogens is 221 g/mol. The molecular formula is C10H15Cl2NO. The van der Waals surface area contributed by atoms with Gasteiger partial charge in [-0.05, 0) is 24.7 Å². The van der Waals surface area contributed by atoms with Crippen molar-refractivity contribution in [1.82, 2.24) is 5.32 Å². The van der Waals surface area contributed by atoms with Crippen LogP contribution in [0.5, 0.6) is 0 Å². The Labute approximate surface area is 96.0 Å². The zero-order chi connectivity index (χ0) is 9.68. The Kier molecular flexibility index (Phi) is 6.93. The summed E-state index contributed by atoms with van der Waals surface area (Å²) < 4.78 is 5.31. The molecule has 1 rings (SSSR count). The molecule has 0 aliphatic rings. The van der Waals surface area contributed by atoms with E-state index in [2.05, 4.69) is 5.32 Å². The van der Waals surface area contributed by atoms with Gasteiger partial charge >= 0.3 is 0 Å². The van der Waals surface area contributed by atoms with Crippen LogP contribution in [-0.4, -0.2) is 20.7 Å². The van der Waals surface area contributed by atoms with Crippen molar-refractivity contribution in [2.45, 2.75) is 6.10 Å². The van der Waals surface area contributed by atoms with Crippen LogP contribution in [-0.2, 0) is 4.74 Å². The molecule has 0 aromatic heterocycles. The topological polar surface area (TPSA) is 21.3 Å². The van der Waals surface area contributed by atoms with Gasteiger partial charge in [0.15, 0.2) is 0 Å². The summed E-state index contributed by atoms with van der Waals surface area (Å²) in [5.41, 5.74) is 1.10. The number of benzene rings is 1. The number of nitrogens with one attached hydrogen (secondary N) is 1. The van der Waals surface area contributed by atoms with Gasteiger partial charge in [-0.1, -0.05) is 23.7 Å². The number of methoxy groups -OCH3 is 1. The maximum atomic E-state index is 5.87. The maximum Gasteiger partial charge on any atom is 0.0945 e. The summed E-state index contributed by atoms with van der Waals surface area (Å²) in [7, 11) is 3.60. The van der Waals surface area contributed by atoms with Crippen molar-refractivity contribution in [3.8, 4) is 0 Å². The van der Waals surface area contributed by atoms with Crippen LogP contribution >= 0.6 is 24.0 Å². The number of ether oxygens (including phenoxy) is 1. The molecule has 1 unspecified atom stereocenters. The van der Waals surface area contributed by atoms with Crippen molar-refractivity contribution >= 4 is 24.0 Å². The summed E-state index contributed by atoms with van der Waals surface area (Å²) >= 11 is 5.87. The maximum absolute atomic E-state index is 5.87. The van der Waals surface area contributed by atoms with Crippen LogP contribution in [0, 0.1) is 0 Å². The second-order valence-corrected chi connectivity index (χ2v) is 3.27. The summed E-state index contributed by atoms with van der Waals surface area (Å²) in [6, 6.07) is 7.72. The van der Waals surface area contributed by atoms with Crippen LogP contribution in [0.1, 0.15) is 11.7 Å². The third-order valence-corrected chi connectivity index (χ3v) is 2.13. The van der Waals surface area contributed by atoms with Crippen molar-refractivity contribution in [1.29, 1.82) is 0 Å². The molecule has 1 atom stereocenters. The van der Waals surface area contributed by atoms with Gasteiger partial charge in [0.1, 0.15) is 0 Å². The van der Waals surface area contributed by atoms with Crippen molar-refractivity contribution in [2.75, 3.05) is 20.7 Å². The first-order valence-corrected chi connectivity index (χ1v) is 4.58. The van der Waals surface area contributed by atoms with Gasteiger partial charge < -0.3 is 10.1 Å². The van der Waals surface area contributed by atoms with Gasteiger partial charge in [0, 0.05) is 18.7 Å². The SMILES string of the molecule is CNCC(OC)c1cccc(Cl)c1.Cl. The minimum Gasteiger partial charge on any atom is -0.375 e. The number of halogens is 2. The predicted octanol–water partition coefficient (Wildman–Crippen LogP) is 2.67. The molecule has 14 heavy (non-hydrogen) atoms. The highest BCUT2D eigenvalue weighted by atomic mass is 35.5. The first-order valence-electron chi connectivity index (χ1n) is 4.20.